The summed E-state index contributed by atoms with van der Waals surface area (Å²) in [5, 5.41) is 12.2. The van der Waals surface area contributed by atoms with E-state index in [0.29, 0.717) is 38.8 Å². The van der Waals surface area contributed by atoms with Gasteiger partial charge in [0.25, 0.3) is 0 Å². The van der Waals surface area contributed by atoms with Crippen molar-refractivity contribution in [2.75, 3.05) is 32.2 Å². The SMILES string of the molecule is COC(=O)CCCN(CCCC(=O)OC)c1cccc(C(O)(c2ccccc2)c2ccccc2)c1. The molecule has 0 aliphatic carbocycles. The van der Waals surface area contributed by atoms with Crippen LogP contribution in [0.3, 0.4) is 0 Å². The molecule has 1 N–H and O–H groups in total. The Bertz CT molecular complexity index is 1020. The first kappa shape index (κ1) is 26.0. The second-order valence-corrected chi connectivity index (χ2v) is 8.34. The van der Waals surface area contributed by atoms with Crippen molar-refractivity contribution in [2.45, 2.75) is 31.3 Å². The van der Waals surface area contributed by atoms with E-state index in [4.69, 9.17) is 9.47 Å². The standard InChI is InChI=1S/C29H33NO5/c1-34-27(31)18-10-20-30(21-11-19-28(32)35-2)26-17-9-16-25(22-26)29(33,23-12-5-3-6-13-23)24-14-7-4-8-15-24/h3-9,12-17,22,33H,10-11,18-21H2,1-2H3. The molecular formula is C29H33NO5. The number of carbonyl (C=O) groups excluding carboxylic acids is 2. The third-order valence-electron chi connectivity index (χ3n) is 6.09. The van der Waals surface area contributed by atoms with Crippen molar-refractivity contribution in [3.05, 3.63) is 102 Å². The van der Waals surface area contributed by atoms with E-state index in [9.17, 15) is 14.7 Å². The molecule has 0 saturated heterocycles. The van der Waals surface area contributed by atoms with E-state index in [1.807, 2.05) is 84.9 Å². The Labute approximate surface area is 207 Å². The molecule has 0 aromatic heterocycles. The van der Waals surface area contributed by atoms with Gasteiger partial charge in [-0.15, -0.1) is 0 Å². The summed E-state index contributed by atoms with van der Waals surface area (Å²) in [6, 6.07) is 27.0. The van der Waals surface area contributed by atoms with Crippen molar-refractivity contribution in [3.63, 3.8) is 0 Å². The second kappa shape index (κ2) is 12.7. The van der Waals surface area contributed by atoms with E-state index in [1.165, 1.54) is 14.2 Å². The molecule has 0 amide bonds. The largest absolute Gasteiger partial charge is 0.469 e. The van der Waals surface area contributed by atoms with Gasteiger partial charge < -0.3 is 19.5 Å². The third-order valence-corrected chi connectivity index (χ3v) is 6.09. The Morgan fingerprint density at radius 3 is 1.63 bits per heavy atom. The van der Waals surface area contributed by atoms with Crippen LogP contribution < -0.4 is 4.90 Å². The lowest BCUT2D eigenvalue weighted by Crippen LogP contribution is -2.30. The van der Waals surface area contributed by atoms with Crippen LogP contribution in [0.25, 0.3) is 0 Å². The number of hydrogen-bond donors (Lipinski definition) is 1. The van der Waals surface area contributed by atoms with Gasteiger partial charge in [0.15, 0.2) is 0 Å². The summed E-state index contributed by atoms with van der Waals surface area (Å²) in [4.78, 5) is 25.4. The Hall–Kier alpha value is -3.64. The predicted molar refractivity (Wildman–Crippen MR) is 136 cm³/mol. The number of anilines is 1. The molecule has 0 aliphatic heterocycles. The summed E-state index contributed by atoms with van der Waals surface area (Å²) in [5.41, 5.74) is 1.83. The van der Waals surface area contributed by atoms with Crippen LogP contribution in [0.5, 0.6) is 0 Å². The summed E-state index contributed by atoms with van der Waals surface area (Å²) >= 11 is 0. The van der Waals surface area contributed by atoms with Gasteiger partial charge in [0.05, 0.1) is 14.2 Å². The van der Waals surface area contributed by atoms with Crippen molar-refractivity contribution >= 4 is 17.6 Å². The van der Waals surface area contributed by atoms with Gasteiger partial charge in [-0.25, -0.2) is 0 Å². The lowest BCUT2D eigenvalue weighted by atomic mass is 9.80. The molecule has 35 heavy (non-hydrogen) atoms. The third kappa shape index (κ3) is 6.70. The number of nitrogens with zero attached hydrogens (tertiary/aromatic N) is 1. The molecule has 3 aromatic rings. The van der Waals surface area contributed by atoms with Crippen LogP contribution in [0.15, 0.2) is 84.9 Å². The molecule has 0 heterocycles. The number of methoxy groups -OCH3 is 2. The fourth-order valence-electron chi connectivity index (χ4n) is 4.19. The summed E-state index contributed by atoms with van der Waals surface area (Å²) in [7, 11) is 2.77. The fraction of sp³-hybridized carbons (Fsp3) is 0.310. The van der Waals surface area contributed by atoms with E-state index < -0.39 is 5.60 Å². The van der Waals surface area contributed by atoms with Crippen LogP contribution in [-0.2, 0) is 24.7 Å². The minimum absolute atomic E-state index is 0.254. The molecule has 0 radical (unpaired) electrons. The molecule has 0 atom stereocenters. The molecule has 0 saturated carbocycles. The van der Waals surface area contributed by atoms with Crippen molar-refractivity contribution in [2.24, 2.45) is 0 Å². The Kier molecular flexibility index (Phi) is 9.44. The summed E-state index contributed by atoms with van der Waals surface area (Å²) < 4.78 is 9.55. The maximum atomic E-state index is 12.2. The lowest BCUT2D eigenvalue weighted by Gasteiger charge is -2.32. The van der Waals surface area contributed by atoms with Gasteiger partial charge in [0, 0.05) is 31.6 Å². The smallest absolute Gasteiger partial charge is 0.305 e. The molecule has 6 nitrogen and oxygen atoms in total. The average Bonchev–Trinajstić information content (AvgIpc) is 2.92. The van der Waals surface area contributed by atoms with Gasteiger partial charge in [0.2, 0.25) is 0 Å². The average molecular weight is 476 g/mol. The van der Waals surface area contributed by atoms with E-state index in [1.54, 1.807) is 0 Å². The number of esters is 2. The molecule has 0 spiro atoms. The van der Waals surface area contributed by atoms with Crippen molar-refractivity contribution in [1.82, 2.24) is 0 Å². The highest BCUT2D eigenvalue weighted by atomic mass is 16.5. The van der Waals surface area contributed by atoms with Crippen molar-refractivity contribution in [3.8, 4) is 0 Å². The molecular weight excluding hydrogens is 442 g/mol. The zero-order valence-electron chi connectivity index (χ0n) is 20.4. The van der Waals surface area contributed by atoms with E-state index in [-0.39, 0.29) is 11.9 Å². The van der Waals surface area contributed by atoms with Crippen LogP contribution in [-0.4, -0.2) is 44.4 Å². The first-order valence-corrected chi connectivity index (χ1v) is 11.8. The Morgan fingerprint density at radius 2 is 1.17 bits per heavy atom. The highest BCUT2D eigenvalue weighted by molar-refractivity contribution is 5.69. The number of rotatable bonds is 12. The van der Waals surface area contributed by atoms with E-state index in [2.05, 4.69) is 4.90 Å². The van der Waals surface area contributed by atoms with Crippen LogP contribution in [0, 0.1) is 0 Å². The van der Waals surface area contributed by atoms with Crippen LogP contribution >= 0.6 is 0 Å². The number of aliphatic hydroxyl groups is 1. The van der Waals surface area contributed by atoms with Gasteiger partial charge in [-0.1, -0.05) is 72.8 Å². The zero-order valence-corrected chi connectivity index (χ0v) is 20.4. The first-order valence-electron chi connectivity index (χ1n) is 11.8. The molecule has 6 heteroatoms. The molecule has 3 rings (SSSR count). The summed E-state index contributed by atoms with van der Waals surface area (Å²) in [6.07, 6.45) is 1.83. The topological polar surface area (TPSA) is 76.1 Å². The van der Waals surface area contributed by atoms with Crippen molar-refractivity contribution < 1.29 is 24.2 Å². The number of ether oxygens (including phenoxy) is 2. The van der Waals surface area contributed by atoms with Gasteiger partial charge in [-0.2, -0.15) is 0 Å². The predicted octanol–water partition coefficient (Wildman–Crippen LogP) is 4.68. The second-order valence-electron chi connectivity index (χ2n) is 8.34. The van der Waals surface area contributed by atoms with E-state index >= 15 is 0 Å². The number of hydrogen-bond acceptors (Lipinski definition) is 6. The molecule has 0 fully saturated rings. The Morgan fingerprint density at radius 1 is 0.714 bits per heavy atom. The molecule has 184 valence electrons. The maximum absolute atomic E-state index is 12.2. The Balaban J connectivity index is 1.95. The van der Waals surface area contributed by atoms with Crippen LogP contribution in [0.1, 0.15) is 42.4 Å². The molecule has 3 aromatic carbocycles. The van der Waals surface area contributed by atoms with Gasteiger partial charge >= 0.3 is 11.9 Å². The van der Waals surface area contributed by atoms with E-state index in [0.717, 1.165) is 22.4 Å². The van der Waals surface area contributed by atoms with Gasteiger partial charge in [-0.3, -0.25) is 9.59 Å². The lowest BCUT2D eigenvalue weighted by molar-refractivity contribution is -0.141. The number of benzene rings is 3. The van der Waals surface area contributed by atoms with Crippen LogP contribution in [0.2, 0.25) is 0 Å². The zero-order chi connectivity index (χ0) is 25.1. The fourth-order valence-corrected chi connectivity index (χ4v) is 4.19. The quantitative estimate of drug-likeness (QED) is 0.303. The maximum Gasteiger partial charge on any atom is 0.305 e. The first-order chi connectivity index (χ1) is 17.0. The monoisotopic (exact) mass is 475 g/mol. The normalized spacial score (nSPS) is 11.1. The van der Waals surface area contributed by atoms with Crippen molar-refractivity contribution in [1.29, 1.82) is 0 Å². The van der Waals surface area contributed by atoms with Crippen LogP contribution in [0.4, 0.5) is 5.69 Å². The number of carbonyl (C=O) groups is 2. The highest BCUT2D eigenvalue weighted by Crippen LogP contribution is 2.38. The summed E-state index contributed by atoms with van der Waals surface area (Å²) in [6.45, 7) is 1.21. The highest BCUT2D eigenvalue weighted by Gasteiger charge is 2.34. The summed E-state index contributed by atoms with van der Waals surface area (Å²) in [5.74, 6) is -0.508. The molecule has 0 aliphatic rings. The van der Waals surface area contributed by atoms with Gasteiger partial charge in [-0.05, 0) is 41.7 Å². The van der Waals surface area contributed by atoms with Gasteiger partial charge in [0.1, 0.15) is 5.60 Å². The minimum Gasteiger partial charge on any atom is -0.469 e. The minimum atomic E-state index is -1.35. The molecule has 0 bridgehead atoms. The molecule has 0 unspecified atom stereocenters.